The standard InChI is InChI=1S/C12H8Cl2N2O2/c13-7-4-5-9(10(14)11(7)15)18-12(17)8-3-1-2-6-16-8/h1-6H,15H2. The van der Waals surface area contributed by atoms with Gasteiger partial charge in [-0.2, -0.15) is 0 Å². The number of benzene rings is 1. The van der Waals surface area contributed by atoms with Crippen LogP contribution in [0.4, 0.5) is 5.69 Å². The molecule has 6 heteroatoms. The predicted molar refractivity (Wildman–Crippen MR) is 70.1 cm³/mol. The molecule has 1 aromatic carbocycles. The van der Waals surface area contributed by atoms with Crippen molar-refractivity contribution in [2.45, 2.75) is 0 Å². The quantitative estimate of drug-likeness (QED) is 0.522. The second kappa shape index (κ2) is 5.25. The van der Waals surface area contributed by atoms with E-state index in [9.17, 15) is 4.79 Å². The molecule has 0 atom stereocenters. The molecule has 18 heavy (non-hydrogen) atoms. The van der Waals surface area contributed by atoms with E-state index < -0.39 is 5.97 Å². The summed E-state index contributed by atoms with van der Waals surface area (Å²) in [7, 11) is 0. The van der Waals surface area contributed by atoms with E-state index >= 15 is 0 Å². The molecule has 0 saturated carbocycles. The van der Waals surface area contributed by atoms with Crippen LogP contribution in [0.1, 0.15) is 10.5 Å². The van der Waals surface area contributed by atoms with Crippen LogP contribution in [0.15, 0.2) is 36.5 Å². The topological polar surface area (TPSA) is 65.2 Å². The van der Waals surface area contributed by atoms with Crippen LogP contribution in [0, 0.1) is 0 Å². The molecule has 1 heterocycles. The zero-order valence-electron chi connectivity index (χ0n) is 9.06. The zero-order valence-corrected chi connectivity index (χ0v) is 10.6. The van der Waals surface area contributed by atoms with Crippen molar-refractivity contribution in [3.8, 4) is 5.75 Å². The van der Waals surface area contributed by atoms with Crippen molar-refractivity contribution in [1.82, 2.24) is 4.98 Å². The van der Waals surface area contributed by atoms with Crippen LogP contribution in [0.5, 0.6) is 5.75 Å². The van der Waals surface area contributed by atoms with E-state index in [0.717, 1.165) is 0 Å². The monoisotopic (exact) mass is 282 g/mol. The van der Waals surface area contributed by atoms with Crippen molar-refractivity contribution in [2.24, 2.45) is 0 Å². The molecule has 4 nitrogen and oxygen atoms in total. The number of nitrogen functional groups attached to an aromatic ring is 1. The molecule has 0 spiro atoms. The Hall–Kier alpha value is -1.78. The maximum Gasteiger partial charge on any atom is 0.362 e. The SMILES string of the molecule is Nc1c(Cl)ccc(OC(=O)c2ccccn2)c1Cl. The molecular weight excluding hydrogens is 275 g/mol. The van der Waals surface area contributed by atoms with Gasteiger partial charge in [-0.05, 0) is 24.3 Å². The van der Waals surface area contributed by atoms with Gasteiger partial charge in [-0.25, -0.2) is 9.78 Å². The molecule has 0 radical (unpaired) electrons. The van der Waals surface area contributed by atoms with Gasteiger partial charge in [0.05, 0.1) is 10.7 Å². The molecule has 2 N–H and O–H groups in total. The van der Waals surface area contributed by atoms with Crippen molar-refractivity contribution in [3.63, 3.8) is 0 Å². The lowest BCUT2D eigenvalue weighted by Gasteiger charge is -2.08. The number of nitrogens with two attached hydrogens (primary N) is 1. The lowest BCUT2D eigenvalue weighted by atomic mass is 10.3. The first-order valence-electron chi connectivity index (χ1n) is 4.96. The summed E-state index contributed by atoms with van der Waals surface area (Å²) in [5.41, 5.74) is 5.98. The Morgan fingerprint density at radius 2 is 2.00 bits per heavy atom. The number of anilines is 1. The number of aromatic nitrogens is 1. The summed E-state index contributed by atoms with van der Waals surface area (Å²) in [6.07, 6.45) is 1.49. The highest BCUT2D eigenvalue weighted by molar-refractivity contribution is 6.39. The Morgan fingerprint density at radius 3 is 2.67 bits per heavy atom. The fraction of sp³-hybridized carbons (Fsp3) is 0. The zero-order chi connectivity index (χ0) is 13.1. The second-order valence-corrected chi connectivity index (χ2v) is 4.16. The van der Waals surface area contributed by atoms with E-state index in [-0.39, 0.29) is 22.2 Å². The molecular formula is C12H8Cl2N2O2. The molecule has 2 rings (SSSR count). The van der Waals surface area contributed by atoms with Crippen LogP contribution >= 0.6 is 23.2 Å². The average molecular weight is 283 g/mol. The summed E-state index contributed by atoms with van der Waals surface area (Å²) in [4.78, 5) is 15.6. The third-order valence-electron chi connectivity index (χ3n) is 2.17. The van der Waals surface area contributed by atoms with E-state index in [4.69, 9.17) is 33.7 Å². The molecule has 2 aromatic rings. The van der Waals surface area contributed by atoms with Gasteiger partial charge in [-0.3, -0.25) is 0 Å². The molecule has 0 unspecified atom stereocenters. The highest BCUT2D eigenvalue weighted by atomic mass is 35.5. The highest BCUT2D eigenvalue weighted by Gasteiger charge is 2.14. The summed E-state index contributed by atoms with van der Waals surface area (Å²) in [6, 6.07) is 7.90. The van der Waals surface area contributed by atoms with Gasteiger partial charge in [0.15, 0.2) is 5.75 Å². The van der Waals surface area contributed by atoms with Gasteiger partial charge in [0.2, 0.25) is 0 Å². The third kappa shape index (κ3) is 2.55. The Balaban J connectivity index is 2.26. The normalized spacial score (nSPS) is 10.1. The molecule has 0 aliphatic rings. The third-order valence-corrected chi connectivity index (χ3v) is 2.89. The van der Waals surface area contributed by atoms with Gasteiger partial charge in [-0.15, -0.1) is 0 Å². The Labute approximate surface area is 113 Å². The van der Waals surface area contributed by atoms with Crippen molar-refractivity contribution in [1.29, 1.82) is 0 Å². The van der Waals surface area contributed by atoms with Crippen LogP contribution in [0.25, 0.3) is 0 Å². The number of hydrogen-bond acceptors (Lipinski definition) is 4. The van der Waals surface area contributed by atoms with E-state index in [0.29, 0.717) is 5.02 Å². The molecule has 0 bridgehead atoms. The van der Waals surface area contributed by atoms with Crippen molar-refractivity contribution in [2.75, 3.05) is 5.73 Å². The molecule has 0 saturated heterocycles. The first kappa shape index (κ1) is 12.7. The number of rotatable bonds is 2. The van der Waals surface area contributed by atoms with Gasteiger partial charge < -0.3 is 10.5 Å². The van der Waals surface area contributed by atoms with E-state index in [1.165, 1.54) is 24.4 Å². The maximum atomic E-state index is 11.7. The van der Waals surface area contributed by atoms with Crippen LogP contribution < -0.4 is 10.5 Å². The van der Waals surface area contributed by atoms with E-state index in [1.807, 2.05) is 0 Å². The minimum Gasteiger partial charge on any atom is -0.420 e. The maximum absolute atomic E-state index is 11.7. The fourth-order valence-corrected chi connectivity index (χ4v) is 1.67. The molecule has 0 amide bonds. The van der Waals surface area contributed by atoms with Gasteiger partial charge >= 0.3 is 5.97 Å². The van der Waals surface area contributed by atoms with Crippen molar-refractivity contribution in [3.05, 3.63) is 52.3 Å². The van der Waals surface area contributed by atoms with Crippen LogP contribution in [0.2, 0.25) is 10.0 Å². The van der Waals surface area contributed by atoms with E-state index in [1.54, 1.807) is 12.1 Å². The minimum absolute atomic E-state index is 0.104. The molecule has 92 valence electrons. The molecule has 0 aliphatic heterocycles. The van der Waals surface area contributed by atoms with Crippen LogP contribution in [0.3, 0.4) is 0 Å². The smallest absolute Gasteiger partial charge is 0.362 e. The highest BCUT2D eigenvalue weighted by Crippen LogP contribution is 2.35. The Bertz CT molecular complexity index is 588. The number of carbonyl (C=O) groups is 1. The van der Waals surface area contributed by atoms with Gasteiger partial charge in [0, 0.05) is 6.20 Å². The lowest BCUT2D eigenvalue weighted by Crippen LogP contribution is -2.10. The van der Waals surface area contributed by atoms with Gasteiger partial charge in [-0.1, -0.05) is 29.3 Å². The number of nitrogens with zero attached hydrogens (tertiary/aromatic N) is 1. The van der Waals surface area contributed by atoms with Crippen molar-refractivity contribution >= 4 is 34.9 Å². The number of carbonyl (C=O) groups excluding carboxylic acids is 1. The summed E-state index contributed by atoms with van der Waals surface area (Å²) < 4.78 is 5.10. The fourth-order valence-electron chi connectivity index (χ4n) is 1.26. The molecule has 0 aliphatic carbocycles. The molecule has 0 fully saturated rings. The minimum atomic E-state index is -0.612. The first-order chi connectivity index (χ1) is 8.59. The number of hydrogen-bond donors (Lipinski definition) is 1. The van der Waals surface area contributed by atoms with Gasteiger partial charge in [0.25, 0.3) is 0 Å². The van der Waals surface area contributed by atoms with Crippen LogP contribution in [-0.2, 0) is 0 Å². The average Bonchev–Trinajstić information content (AvgIpc) is 2.40. The lowest BCUT2D eigenvalue weighted by molar-refractivity contribution is 0.0729. The first-order valence-corrected chi connectivity index (χ1v) is 5.72. The molecule has 1 aromatic heterocycles. The number of esters is 1. The summed E-state index contributed by atoms with van der Waals surface area (Å²) >= 11 is 11.7. The van der Waals surface area contributed by atoms with Crippen LogP contribution in [-0.4, -0.2) is 11.0 Å². The number of ether oxygens (including phenoxy) is 1. The predicted octanol–water partition coefficient (Wildman–Crippen LogP) is 3.19. The number of pyridine rings is 1. The number of halogens is 2. The summed E-state index contributed by atoms with van der Waals surface area (Å²) in [5.74, 6) is -0.464. The Kier molecular flexibility index (Phi) is 3.69. The largest absolute Gasteiger partial charge is 0.420 e. The van der Waals surface area contributed by atoms with Gasteiger partial charge in [0.1, 0.15) is 10.7 Å². The van der Waals surface area contributed by atoms with E-state index in [2.05, 4.69) is 4.98 Å². The Morgan fingerprint density at radius 1 is 1.22 bits per heavy atom. The summed E-state index contributed by atoms with van der Waals surface area (Å²) in [5, 5.41) is 0.407. The second-order valence-electron chi connectivity index (χ2n) is 3.38. The summed E-state index contributed by atoms with van der Waals surface area (Å²) in [6.45, 7) is 0. The van der Waals surface area contributed by atoms with Crippen molar-refractivity contribution < 1.29 is 9.53 Å².